The van der Waals surface area contributed by atoms with Crippen molar-refractivity contribution in [1.29, 1.82) is 0 Å². The second-order valence-electron chi connectivity index (χ2n) is 4.90. The maximum absolute atomic E-state index is 11.7. The van der Waals surface area contributed by atoms with Crippen LogP contribution in [0.3, 0.4) is 0 Å². The maximum Gasteiger partial charge on any atom is 0.319 e. The van der Waals surface area contributed by atoms with E-state index in [1.165, 1.54) is 0 Å². The van der Waals surface area contributed by atoms with Gasteiger partial charge in [-0.2, -0.15) is 0 Å². The number of amides is 2. The van der Waals surface area contributed by atoms with Gasteiger partial charge in [0.05, 0.1) is 12.8 Å². The lowest BCUT2D eigenvalue weighted by molar-refractivity contribution is 0.108. The summed E-state index contributed by atoms with van der Waals surface area (Å²) in [6, 6.07) is 7.06. The fourth-order valence-corrected chi connectivity index (χ4v) is 1.61. The van der Waals surface area contributed by atoms with Gasteiger partial charge in [-0.25, -0.2) is 4.79 Å². The third-order valence-electron chi connectivity index (χ3n) is 2.56. The summed E-state index contributed by atoms with van der Waals surface area (Å²) in [5, 5.41) is 5.54. The van der Waals surface area contributed by atoms with E-state index < -0.39 is 0 Å². The van der Waals surface area contributed by atoms with Gasteiger partial charge in [0.25, 0.3) is 0 Å². The van der Waals surface area contributed by atoms with Crippen molar-refractivity contribution in [3.63, 3.8) is 0 Å². The molecule has 0 aliphatic carbocycles. The highest BCUT2D eigenvalue weighted by Crippen LogP contribution is 2.22. The van der Waals surface area contributed by atoms with Crippen LogP contribution in [0, 0.1) is 5.92 Å². The predicted molar refractivity (Wildman–Crippen MR) is 80.3 cm³/mol. The largest absolute Gasteiger partial charge is 0.495 e. The zero-order chi connectivity index (χ0) is 14.8. The van der Waals surface area contributed by atoms with Crippen LogP contribution in [0.5, 0.6) is 5.75 Å². The third kappa shape index (κ3) is 6.43. The topological polar surface area (TPSA) is 59.6 Å². The molecular formula is C15H24N2O3. The lowest BCUT2D eigenvalue weighted by Gasteiger charge is -2.11. The van der Waals surface area contributed by atoms with Crippen molar-refractivity contribution in [3.8, 4) is 5.75 Å². The first-order valence-electron chi connectivity index (χ1n) is 6.89. The van der Waals surface area contributed by atoms with Crippen LogP contribution < -0.4 is 15.4 Å². The van der Waals surface area contributed by atoms with Crippen LogP contribution in [0.1, 0.15) is 20.3 Å². The minimum absolute atomic E-state index is 0.238. The Morgan fingerprint density at radius 3 is 2.75 bits per heavy atom. The smallest absolute Gasteiger partial charge is 0.319 e. The Morgan fingerprint density at radius 2 is 2.05 bits per heavy atom. The standard InChI is InChI=1S/C15H24N2O3/c1-12(2)11-20-10-6-9-16-15(18)17-13-7-4-5-8-14(13)19-3/h4-5,7-8,12H,6,9-11H2,1-3H3,(H2,16,17,18). The number of hydrogen-bond donors (Lipinski definition) is 2. The van der Waals surface area contributed by atoms with Gasteiger partial charge in [0.2, 0.25) is 0 Å². The SMILES string of the molecule is COc1ccccc1NC(=O)NCCCOCC(C)C. The molecule has 2 amide bonds. The molecule has 0 unspecified atom stereocenters. The fourth-order valence-electron chi connectivity index (χ4n) is 1.61. The minimum Gasteiger partial charge on any atom is -0.495 e. The van der Waals surface area contributed by atoms with Gasteiger partial charge < -0.3 is 20.1 Å². The first-order chi connectivity index (χ1) is 9.63. The normalized spacial score (nSPS) is 10.4. The number of carbonyl (C=O) groups excluding carboxylic acids is 1. The molecular weight excluding hydrogens is 256 g/mol. The van der Waals surface area contributed by atoms with E-state index in [2.05, 4.69) is 24.5 Å². The van der Waals surface area contributed by atoms with Crippen molar-refractivity contribution < 1.29 is 14.3 Å². The molecule has 0 fully saturated rings. The number of carbonyl (C=O) groups is 1. The monoisotopic (exact) mass is 280 g/mol. The lowest BCUT2D eigenvalue weighted by atomic mass is 10.2. The summed E-state index contributed by atoms with van der Waals surface area (Å²) in [6.45, 7) is 6.22. The molecule has 20 heavy (non-hydrogen) atoms. The number of anilines is 1. The molecule has 0 aliphatic rings. The molecule has 0 saturated heterocycles. The van der Waals surface area contributed by atoms with Crippen LogP contribution in [0.25, 0.3) is 0 Å². The average molecular weight is 280 g/mol. The zero-order valence-electron chi connectivity index (χ0n) is 12.4. The molecule has 1 rings (SSSR count). The van der Waals surface area contributed by atoms with Crippen LogP contribution in [0.15, 0.2) is 24.3 Å². The number of ether oxygens (including phenoxy) is 2. The van der Waals surface area contributed by atoms with Crippen molar-refractivity contribution in [2.75, 3.05) is 32.2 Å². The first kappa shape index (κ1) is 16.3. The first-order valence-corrected chi connectivity index (χ1v) is 6.89. The van der Waals surface area contributed by atoms with Crippen molar-refractivity contribution in [2.24, 2.45) is 5.92 Å². The quantitative estimate of drug-likeness (QED) is 0.720. The highest BCUT2D eigenvalue weighted by molar-refractivity contribution is 5.90. The summed E-state index contributed by atoms with van der Waals surface area (Å²) < 4.78 is 10.6. The molecule has 0 aromatic heterocycles. The molecule has 0 bridgehead atoms. The third-order valence-corrected chi connectivity index (χ3v) is 2.56. The van der Waals surface area contributed by atoms with Gasteiger partial charge >= 0.3 is 6.03 Å². The van der Waals surface area contributed by atoms with E-state index in [0.29, 0.717) is 30.5 Å². The van der Waals surface area contributed by atoms with Gasteiger partial charge in [0, 0.05) is 19.8 Å². The van der Waals surface area contributed by atoms with Crippen LogP contribution in [0.2, 0.25) is 0 Å². The highest BCUT2D eigenvalue weighted by Gasteiger charge is 2.05. The van der Waals surface area contributed by atoms with E-state index in [9.17, 15) is 4.79 Å². The Morgan fingerprint density at radius 1 is 1.30 bits per heavy atom. The van der Waals surface area contributed by atoms with Gasteiger partial charge in [-0.05, 0) is 24.5 Å². The van der Waals surface area contributed by atoms with Crippen molar-refractivity contribution in [1.82, 2.24) is 5.32 Å². The van der Waals surface area contributed by atoms with Gasteiger partial charge in [0.1, 0.15) is 5.75 Å². The van der Waals surface area contributed by atoms with E-state index >= 15 is 0 Å². The van der Waals surface area contributed by atoms with Crippen molar-refractivity contribution >= 4 is 11.7 Å². The van der Waals surface area contributed by atoms with E-state index in [0.717, 1.165) is 13.0 Å². The van der Waals surface area contributed by atoms with Crippen LogP contribution >= 0.6 is 0 Å². The molecule has 5 nitrogen and oxygen atoms in total. The van der Waals surface area contributed by atoms with Gasteiger partial charge in [-0.15, -0.1) is 0 Å². The molecule has 0 radical (unpaired) electrons. The minimum atomic E-state index is -0.238. The second kappa shape index (κ2) is 9.20. The summed E-state index contributed by atoms with van der Waals surface area (Å²) >= 11 is 0. The average Bonchev–Trinajstić information content (AvgIpc) is 2.43. The van der Waals surface area contributed by atoms with Gasteiger partial charge in [-0.1, -0.05) is 26.0 Å². The van der Waals surface area contributed by atoms with E-state index in [4.69, 9.17) is 9.47 Å². The Bertz CT molecular complexity index is 408. The zero-order valence-corrected chi connectivity index (χ0v) is 12.4. The molecule has 0 aliphatic heterocycles. The summed E-state index contributed by atoms with van der Waals surface area (Å²) in [4.78, 5) is 11.7. The molecule has 1 aromatic rings. The van der Waals surface area contributed by atoms with Crippen molar-refractivity contribution in [3.05, 3.63) is 24.3 Å². The lowest BCUT2D eigenvalue weighted by Crippen LogP contribution is -2.30. The van der Waals surface area contributed by atoms with E-state index in [-0.39, 0.29) is 6.03 Å². The summed E-state index contributed by atoms with van der Waals surface area (Å²) in [7, 11) is 1.57. The van der Waals surface area contributed by atoms with E-state index in [1.54, 1.807) is 19.2 Å². The number of methoxy groups -OCH3 is 1. The number of benzene rings is 1. The molecule has 0 spiro atoms. The Balaban J connectivity index is 2.20. The fraction of sp³-hybridized carbons (Fsp3) is 0.533. The molecule has 112 valence electrons. The summed E-state index contributed by atoms with van der Waals surface area (Å²) in [5.74, 6) is 1.18. The molecule has 0 atom stereocenters. The van der Waals surface area contributed by atoms with Gasteiger partial charge in [-0.3, -0.25) is 0 Å². The molecule has 1 aromatic carbocycles. The number of urea groups is 1. The summed E-state index contributed by atoms with van der Waals surface area (Å²) in [5.41, 5.74) is 0.656. The maximum atomic E-state index is 11.7. The van der Waals surface area contributed by atoms with Gasteiger partial charge in [0.15, 0.2) is 0 Å². The number of hydrogen-bond acceptors (Lipinski definition) is 3. The van der Waals surface area contributed by atoms with E-state index in [1.807, 2.05) is 12.1 Å². The Labute approximate surface area is 120 Å². The molecule has 2 N–H and O–H groups in total. The Hall–Kier alpha value is -1.75. The molecule has 0 saturated carbocycles. The number of rotatable bonds is 8. The number of para-hydroxylation sites is 2. The van der Waals surface area contributed by atoms with Crippen molar-refractivity contribution in [2.45, 2.75) is 20.3 Å². The Kier molecular flexibility index (Phi) is 7.50. The summed E-state index contributed by atoms with van der Waals surface area (Å²) in [6.07, 6.45) is 0.798. The molecule has 5 heteroatoms. The van der Waals surface area contributed by atoms with Crippen LogP contribution in [0.4, 0.5) is 10.5 Å². The second-order valence-corrected chi connectivity index (χ2v) is 4.90. The molecule has 0 heterocycles. The highest BCUT2D eigenvalue weighted by atomic mass is 16.5. The number of nitrogens with one attached hydrogen (secondary N) is 2. The predicted octanol–water partition coefficient (Wildman–Crippen LogP) is 2.88. The van der Waals surface area contributed by atoms with Crippen LogP contribution in [-0.2, 0) is 4.74 Å². The van der Waals surface area contributed by atoms with Crippen LogP contribution in [-0.4, -0.2) is 32.9 Å².